The molecule has 3 heterocycles. The van der Waals surface area contributed by atoms with Gasteiger partial charge in [0.25, 0.3) is 5.56 Å². The van der Waals surface area contributed by atoms with Crippen molar-refractivity contribution in [1.29, 1.82) is 0 Å². The van der Waals surface area contributed by atoms with E-state index in [0.717, 1.165) is 11.3 Å². The normalized spacial score (nSPS) is 12.2. The first-order valence-corrected chi connectivity index (χ1v) is 12.4. The minimum atomic E-state index is -0.308. The number of hydrogen-bond donors (Lipinski definition) is 0. The van der Waals surface area contributed by atoms with Gasteiger partial charge in [0.05, 0.1) is 10.2 Å². The third-order valence-corrected chi connectivity index (χ3v) is 6.88. The molecular formula is C29H20FN5OS. The van der Waals surface area contributed by atoms with Crippen LogP contribution in [0.1, 0.15) is 22.5 Å². The molecule has 0 saturated carbocycles. The van der Waals surface area contributed by atoms with E-state index in [2.05, 4.69) is 10.1 Å². The molecule has 0 bridgehead atoms. The zero-order valence-electron chi connectivity index (χ0n) is 19.7. The number of hydrogen-bond acceptors (Lipinski definition) is 5. The highest BCUT2D eigenvalue weighted by atomic mass is 32.1. The Morgan fingerprint density at radius 1 is 0.919 bits per heavy atom. The average molecular weight is 506 g/mol. The van der Waals surface area contributed by atoms with Crippen LogP contribution in [0.25, 0.3) is 40.1 Å². The van der Waals surface area contributed by atoms with Crippen LogP contribution in [0.5, 0.6) is 0 Å². The maximum absolute atomic E-state index is 14.4. The number of rotatable bonds is 5. The second kappa shape index (κ2) is 9.40. The van der Waals surface area contributed by atoms with Gasteiger partial charge >= 0.3 is 0 Å². The molecule has 180 valence electrons. The number of nitrogens with zero attached hydrogens (tertiary/aromatic N) is 5. The summed E-state index contributed by atoms with van der Waals surface area (Å²) in [5.74, 6) is 0.156. The van der Waals surface area contributed by atoms with Crippen LogP contribution in [0, 0.1) is 12.7 Å². The summed E-state index contributed by atoms with van der Waals surface area (Å²) < 4.78 is 17.9. The Hall–Kier alpha value is -4.69. The van der Waals surface area contributed by atoms with Crippen molar-refractivity contribution < 1.29 is 4.39 Å². The largest absolute Gasteiger partial charge is 0.291 e. The van der Waals surface area contributed by atoms with Gasteiger partial charge in [-0.05, 0) is 48.4 Å². The molecule has 3 aromatic carbocycles. The van der Waals surface area contributed by atoms with Gasteiger partial charge in [-0.25, -0.2) is 9.07 Å². The minimum absolute atomic E-state index is 0.264. The van der Waals surface area contributed by atoms with Gasteiger partial charge in [-0.3, -0.25) is 4.79 Å². The zero-order chi connectivity index (χ0) is 25.4. The van der Waals surface area contributed by atoms with Crippen molar-refractivity contribution in [3.8, 4) is 16.9 Å². The van der Waals surface area contributed by atoms with E-state index in [1.54, 1.807) is 29.8 Å². The highest BCUT2D eigenvalue weighted by Crippen LogP contribution is 2.26. The van der Waals surface area contributed by atoms with Crippen LogP contribution in [0.4, 0.5) is 4.39 Å². The summed E-state index contributed by atoms with van der Waals surface area (Å²) in [7, 11) is 0. The highest BCUT2D eigenvalue weighted by molar-refractivity contribution is 7.15. The monoisotopic (exact) mass is 505 g/mol. The molecular weight excluding hydrogens is 485 g/mol. The SMILES string of the molecule is Cc1ccc(-c2nn(-c3ccccc3)cc2C=c2sc3nc(C=Cc4ccccc4)nn3c2=O)cc1F. The molecule has 0 saturated heterocycles. The Balaban J connectivity index is 1.44. The van der Waals surface area contributed by atoms with Gasteiger partial charge in [-0.2, -0.15) is 14.6 Å². The Labute approximate surface area is 215 Å². The Bertz CT molecular complexity index is 1870. The van der Waals surface area contributed by atoms with Crippen molar-refractivity contribution in [3.05, 3.63) is 128 Å². The number of aromatic nitrogens is 5. The molecule has 3 aromatic heterocycles. The van der Waals surface area contributed by atoms with E-state index in [9.17, 15) is 9.18 Å². The molecule has 0 spiro atoms. The lowest BCUT2D eigenvalue weighted by Crippen LogP contribution is -2.23. The third kappa shape index (κ3) is 4.50. The van der Waals surface area contributed by atoms with Crippen LogP contribution in [-0.4, -0.2) is 24.4 Å². The van der Waals surface area contributed by atoms with Gasteiger partial charge in [-0.1, -0.05) is 78.1 Å². The second-order valence-electron chi connectivity index (χ2n) is 8.50. The number of aryl methyl sites for hydroxylation is 1. The van der Waals surface area contributed by atoms with E-state index in [0.29, 0.717) is 37.7 Å². The molecule has 0 radical (unpaired) electrons. The summed E-state index contributed by atoms with van der Waals surface area (Å²) in [5, 5.41) is 9.10. The summed E-state index contributed by atoms with van der Waals surface area (Å²) >= 11 is 1.25. The number of para-hydroxylation sites is 1. The molecule has 0 N–H and O–H groups in total. The van der Waals surface area contributed by atoms with Crippen LogP contribution in [0.3, 0.4) is 0 Å². The van der Waals surface area contributed by atoms with E-state index in [-0.39, 0.29) is 11.4 Å². The topological polar surface area (TPSA) is 65.1 Å². The molecule has 6 aromatic rings. The highest BCUT2D eigenvalue weighted by Gasteiger charge is 2.15. The minimum Gasteiger partial charge on any atom is -0.266 e. The van der Waals surface area contributed by atoms with Crippen molar-refractivity contribution in [2.24, 2.45) is 0 Å². The number of fused-ring (bicyclic) bond motifs is 1. The first kappa shape index (κ1) is 22.8. The van der Waals surface area contributed by atoms with Crippen molar-refractivity contribution >= 4 is 34.5 Å². The fourth-order valence-electron chi connectivity index (χ4n) is 3.97. The first-order chi connectivity index (χ1) is 18.0. The maximum Gasteiger partial charge on any atom is 0.291 e. The third-order valence-electron chi connectivity index (χ3n) is 5.92. The van der Waals surface area contributed by atoms with Crippen LogP contribution >= 0.6 is 11.3 Å². The lowest BCUT2D eigenvalue weighted by atomic mass is 10.1. The van der Waals surface area contributed by atoms with Crippen LogP contribution in [0.15, 0.2) is 89.9 Å². The molecule has 37 heavy (non-hydrogen) atoms. The summed E-state index contributed by atoms with van der Waals surface area (Å²) in [5.41, 5.74) is 4.07. The molecule has 0 unspecified atom stereocenters. The van der Waals surface area contributed by atoms with E-state index < -0.39 is 0 Å². The molecule has 0 aliphatic carbocycles. The lowest BCUT2D eigenvalue weighted by molar-refractivity contribution is 0.619. The fourth-order valence-corrected chi connectivity index (χ4v) is 4.87. The van der Waals surface area contributed by atoms with Crippen molar-refractivity contribution in [3.63, 3.8) is 0 Å². The Morgan fingerprint density at radius 3 is 2.41 bits per heavy atom. The summed E-state index contributed by atoms with van der Waals surface area (Å²) in [4.78, 5) is 18.2. The van der Waals surface area contributed by atoms with Crippen LogP contribution < -0.4 is 10.1 Å². The Kier molecular flexibility index (Phi) is 5.78. The van der Waals surface area contributed by atoms with Crippen molar-refractivity contribution in [2.75, 3.05) is 0 Å². The predicted molar refractivity (Wildman–Crippen MR) is 145 cm³/mol. The lowest BCUT2D eigenvalue weighted by Gasteiger charge is -2.02. The first-order valence-electron chi connectivity index (χ1n) is 11.6. The van der Waals surface area contributed by atoms with E-state index in [1.165, 1.54) is 21.9 Å². The molecule has 6 rings (SSSR count). The quantitative estimate of drug-likeness (QED) is 0.324. The summed E-state index contributed by atoms with van der Waals surface area (Å²) in [6.45, 7) is 1.72. The van der Waals surface area contributed by atoms with E-state index >= 15 is 0 Å². The number of benzene rings is 3. The van der Waals surface area contributed by atoms with Gasteiger partial charge in [0.1, 0.15) is 11.5 Å². The van der Waals surface area contributed by atoms with Gasteiger partial charge in [-0.15, -0.1) is 5.10 Å². The Morgan fingerprint density at radius 2 is 1.68 bits per heavy atom. The fraction of sp³-hybridized carbons (Fsp3) is 0.0345. The van der Waals surface area contributed by atoms with Gasteiger partial charge < -0.3 is 0 Å². The van der Waals surface area contributed by atoms with Gasteiger partial charge in [0.15, 0.2) is 5.82 Å². The predicted octanol–water partition coefficient (Wildman–Crippen LogP) is 5.17. The number of halogens is 1. The van der Waals surface area contributed by atoms with Crippen molar-refractivity contribution in [1.82, 2.24) is 24.4 Å². The van der Waals surface area contributed by atoms with Crippen LogP contribution in [0.2, 0.25) is 0 Å². The van der Waals surface area contributed by atoms with Crippen LogP contribution in [-0.2, 0) is 0 Å². The van der Waals surface area contributed by atoms with Crippen molar-refractivity contribution in [2.45, 2.75) is 6.92 Å². The second-order valence-corrected chi connectivity index (χ2v) is 9.51. The molecule has 0 aliphatic heterocycles. The van der Waals surface area contributed by atoms with Gasteiger partial charge in [0, 0.05) is 17.3 Å². The van der Waals surface area contributed by atoms with Gasteiger partial charge in [0.2, 0.25) is 4.96 Å². The molecule has 0 atom stereocenters. The molecule has 0 fully saturated rings. The van der Waals surface area contributed by atoms with E-state index in [1.807, 2.05) is 79.0 Å². The summed E-state index contributed by atoms with van der Waals surface area (Å²) in [6.07, 6.45) is 7.29. The molecule has 6 nitrogen and oxygen atoms in total. The number of thiazole rings is 1. The summed E-state index contributed by atoms with van der Waals surface area (Å²) in [6, 6.07) is 24.5. The molecule has 0 aliphatic rings. The molecule has 8 heteroatoms. The smallest absolute Gasteiger partial charge is 0.266 e. The maximum atomic E-state index is 14.4. The standard InChI is InChI=1S/C29H20FN5OS/c1-19-12-14-21(16-24(19)30)27-22(18-34(33-27)23-10-6-3-7-11-23)17-25-28(36)35-29(37-25)31-26(32-35)15-13-20-8-4-2-5-9-20/h2-18H,1H3. The molecule has 0 amide bonds. The average Bonchev–Trinajstić information content (AvgIpc) is 3.60. The van der Waals surface area contributed by atoms with E-state index in [4.69, 9.17) is 5.10 Å². The zero-order valence-corrected chi connectivity index (χ0v) is 20.6.